The Hall–Kier alpha value is -2.08. The highest BCUT2D eigenvalue weighted by molar-refractivity contribution is 5.95. The highest BCUT2D eigenvalue weighted by atomic mass is 16.5. The summed E-state index contributed by atoms with van der Waals surface area (Å²) in [4.78, 5) is 17.8. The summed E-state index contributed by atoms with van der Waals surface area (Å²) in [5, 5.41) is 6.56. The number of carbonyl (C=O) groups excluding carboxylic acids is 1. The molecule has 1 saturated heterocycles. The molecule has 1 aromatic carbocycles. The number of nitrogens with one attached hydrogen (secondary N) is 2. The average Bonchev–Trinajstić information content (AvgIpc) is 3.04. The second-order valence-electron chi connectivity index (χ2n) is 5.72. The summed E-state index contributed by atoms with van der Waals surface area (Å²) in [6.45, 7) is 5.87. The molecule has 6 heteroatoms. The number of ether oxygens (including phenoxy) is 1. The lowest BCUT2D eigenvalue weighted by Crippen LogP contribution is -2.37. The van der Waals surface area contributed by atoms with Gasteiger partial charge < -0.3 is 20.3 Å². The molecule has 0 aliphatic carbocycles. The van der Waals surface area contributed by atoms with E-state index in [-0.39, 0.29) is 5.91 Å². The van der Waals surface area contributed by atoms with Crippen molar-refractivity contribution in [1.82, 2.24) is 10.6 Å². The zero-order valence-corrected chi connectivity index (χ0v) is 14.7. The summed E-state index contributed by atoms with van der Waals surface area (Å²) in [5.74, 6) is 1.00. The lowest BCUT2D eigenvalue weighted by molar-refractivity contribution is -0.117. The second-order valence-corrected chi connectivity index (χ2v) is 5.72. The van der Waals surface area contributed by atoms with Crippen molar-refractivity contribution < 1.29 is 9.53 Å². The minimum absolute atomic E-state index is 0.220. The predicted octanol–water partition coefficient (Wildman–Crippen LogP) is 1.91. The molecule has 2 rings (SSSR count). The van der Waals surface area contributed by atoms with Gasteiger partial charge in [0.1, 0.15) is 0 Å². The van der Waals surface area contributed by atoms with Crippen molar-refractivity contribution in [3.05, 3.63) is 29.8 Å². The number of nitrogens with zero attached hydrogens (tertiary/aromatic N) is 2. The molecule has 0 bridgehead atoms. The highest BCUT2D eigenvalue weighted by Gasteiger charge is 2.21. The van der Waals surface area contributed by atoms with Gasteiger partial charge in [-0.05, 0) is 37.5 Å². The average molecular weight is 332 g/mol. The van der Waals surface area contributed by atoms with Crippen molar-refractivity contribution in [3.63, 3.8) is 0 Å². The molecule has 6 nitrogen and oxygen atoms in total. The minimum Gasteiger partial charge on any atom is -0.382 e. The van der Waals surface area contributed by atoms with E-state index in [4.69, 9.17) is 4.74 Å². The Morgan fingerprint density at radius 3 is 2.71 bits per heavy atom. The Morgan fingerprint density at radius 1 is 1.29 bits per heavy atom. The van der Waals surface area contributed by atoms with Crippen LogP contribution in [0.1, 0.15) is 31.7 Å². The van der Waals surface area contributed by atoms with Crippen molar-refractivity contribution in [2.24, 2.45) is 4.99 Å². The largest absolute Gasteiger partial charge is 0.382 e. The van der Waals surface area contributed by atoms with Crippen LogP contribution in [0.3, 0.4) is 0 Å². The van der Waals surface area contributed by atoms with Crippen LogP contribution < -0.4 is 15.5 Å². The third kappa shape index (κ3) is 5.53. The number of benzene rings is 1. The quantitative estimate of drug-likeness (QED) is 0.433. The first-order chi connectivity index (χ1) is 11.7. The van der Waals surface area contributed by atoms with Gasteiger partial charge >= 0.3 is 0 Å². The third-order valence-corrected chi connectivity index (χ3v) is 3.97. The molecular weight excluding hydrogens is 304 g/mol. The van der Waals surface area contributed by atoms with Crippen molar-refractivity contribution >= 4 is 17.6 Å². The summed E-state index contributed by atoms with van der Waals surface area (Å²) in [7, 11) is 1.76. The van der Waals surface area contributed by atoms with E-state index < -0.39 is 0 Å². The van der Waals surface area contributed by atoms with Gasteiger partial charge in [-0.1, -0.05) is 12.1 Å². The normalized spacial score (nSPS) is 15.0. The van der Waals surface area contributed by atoms with Crippen LogP contribution in [0, 0.1) is 0 Å². The van der Waals surface area contributed by atoms with Gasteiger partial charge in [0, 0.05) is 52.0 Å². The SMILES string of the molecule is CCOCCCNC(=NC)NCc1ccc(N2CCCC2=O)cc1. The number of hydrogen-bond donors (Lipinski definition) is 2. The van der Waals surface area contributed by atoms with Gasteiger partial charge in [-0.3, -0.25) is 9.79 Å². The van der Waals surface area contributed by atoms with Gasteiger partial charge in [-0.25, -0.2) is 0 Å². The standard InChI is InChI=1S/C18H28N4O2/c1-3-24-13-5-11-20-18(19-2)21-14-15-7-9-16(10-8-15)22-12-4-6-17(22)23/h7-10H,3-6,11-14H2,1-2H3,(H2,19,20,21). The summed E-state index contributed by atoms with van der Waals surface area (Å²) in [5.41, 5.74) is 2.14. The number of carbonyl (C=O) groups is 1. The van der Waals surface area contributed by atoms with Crippen LogP contribution >= 0.6 is 0 Å². The number of rotatable bonds is 8. The Morgan fingerprint density at radius 2 is 2.08 bits per heavy atom. The topological polar surface area (TPSA) is 66.0 Å². The molecule has 1 amide bonds. The maximum atomic E-state index is 11.8. The molecule has 1 fully saturated rings. The summed E-state index contributed by atoms with van der Waals surface area (Å²) >= 11 is 0. The number of hydrogen-bond acceptors (Lipinski definition) is 3. The first-order valence-corrected chi connectivity index (χ1v) is 8.66. The van der Waals surface area contributed by atoms with Crippen LogP contribution in [-0.2, 0) is 16.1 Å². The highest BCUT2D eigenvalue weighted by Crippen LogP contribution is 2.21. The fourth-order valence-electron chi connectivity index (χ4n) is 2.65. The number of amides is 1. The van der Waals surface area contributed by atoms with Crippen LogP contribution in [0.5, 0.6) is 0 Å². The Labute approximate surface area is 144 Å². The van der Waals surface area contributed by atoms with Crippen molar-refractivity contribution in [3.8, 4) is 0 Å². The molecule has 0 atom stereocenters. The molecule has 2 N–H and O–H groups in total. The second kappa shape index (κ2) is 9.93. The molecule has 132 valence electrons. The molecule has 1 heterocycles. The van der Waals surface area contributed by atoms with E-state index in [1.165, 1.54) is 0 Å². The van der Waals surface area contributed by atoms with Gasteiger partial charge in [-0.2, -0.15) is 0 Å². The van der Waals surface area contributed by atoms with Crippen molar-refractivity contribution in [1.29, 1.82) is 0 Å². The molecule has 24 heavy (non-hydrogen) atoms. The van der Waals surface area contributed by atoms with Crippen LogP contribution in [0.15, 0.2) is 29.3 Å². The van der Waals surface area contributed by atoms with E-state index >= 15 is 0 Å². The van der Waals surface area contributed by atoms with E-state index in [9.17, 15) is 4.79 Å². The van der Waals surface area contributed by atoms with Gasteiger partial charge in [0.25, 0.3) is 0 Å². The fraction of sp³-hybridized carbons (Fsp3) is 0.556. The summed E-state index contributed by atoms with van der Waals surface area (Å²) in [6, 6.07) is 8.13. The minimum atomic E-state index is 0.220. The van der Waals surface area contributed by atoms with Gasteiger partial charge in [-0.15, -0.1) is 0 Å². The van der Waals surface area contributed by atoms with Gasteiger partial charge in [0.15, 0.2) is 5.96 Å². The Bertz CT molecular complexity index is 542. The molecular formula is C18H28N4O2. The zero-order valence-electron chi connectivity index (χ0n) is 14.7. The fourth-order valence-corrected chi connectivity index (χ4v) is 2.65. The number of aliphatic imine (C=N–C) groups is 1. The number of anilines is 1. The van der Waals surface area contributed by atoms with Crippen LogP contribution in [-0.4, -0.2) is 45.2 Å². The van der Waals surface area contributed by atoms with E-state index in [1.54, 1.807) is 7.05 Å². The lowest BCUT2D eigenvalue weighted by atomic mass is 10.2. The third-order valence-electron chi connectivity index (χ3n) is 3.97. The first-order valence-electron chi connectivity index (χ1n) is 8.66. The van der Waals surface area contributed by atoms with Crippen LogP contribution in [0.25, 0.3) is 0 Å². The Kier molecular flexibility index (Phi) is 7.55. The monoisotopic (exact) mass is 332 g/mol. The summed E-state index contributed by atoms with van der Waals surface area (Å²) in [6.07, 6.45) is 2.56. The van der Waals surface area contributed by atoms with Gasteiger partial charge in [0.05, 0.1) is 0 Å². The lowest BCUT2D eigenvalue weighted by Gasteiger charge is -2.16. The van der Waals surface area contributed by atoms with Crippen LogP contribution in [0.2, 0.25) is 0 Å². The molecule has 0 saturated carbocycles. The maximum Gasteiger partial charge on any atom is 0.227 e. The molecule has 1 aromatic rings. The molecule has 0 radical (unpaired) electrons. The summed E-state index contributed by atoms with van der Waals surface area (Å²) < 4.78 is 5.31. The maximum absolute atomic E-state index is 11.8. The molecule has 1 aliphatic heterocycles. The molecule has 1 aliphatic rings. The molecule has 0 spiro atoms. The van der Waals surface area contributed by atoms with Crippen LogP contribution in [0.4, 0.5) is 5.69 Å². The van der Waals surface area contributed by atoms with Crippen molar-refractivity contribution in [2.45, 2.75) is 32.7 Å². The Balaban J connectivity index is 1.75. The van der Waals surface area contributed by atoms with E-state index in [0.29, 0.717) is 13.0 Å². The smallest absolute Gasteiger partial charge is 0.227 e. The predicted molar refractivity (Wildman–Crippen MR) is 97.3 cm³/mol. The zero-order chi connectivity index (χ0) is 17.2. The van der Waals surface area contributed by atoms with E-state index in [2.05, 4.69) is 27.8 Å². The van der Waals surface area contributed by atoms with E-state index in [1.807, 2.05) is 24.0 Å². The molecule has 0 aromatic heterocycles. The number of guanidine groups is 1. The van der Waals surface area contributed by atoms with Gasteiger partial charge in [0.2, 0.25) is 5.91 Å². The molecule has 0 unspecified atom stereocenters. The van der Waals surface area contributed by atoms with E-state index in [0.717, 1.165) is 56.4 Å². The van der Waals surface area contributed by atoms with Crippen molar-refractivity contribution in [2.75, 3.05) is 38.3 Å². The first kappa shape index (κ1) is 18.3.